The van der Waals surface area contributed by atoms with Crippen LogP contribution in [0.25, 0.3) is 6.08 Å². The number of alkyl halides is 3. The summed E-state index contributed by atoms with van der Waals surface area (Å²) < 4.78 is 44.0. The van der Waals surface area contributed by atoms with Crippen molar-refractivity contribution in [1.82, 2.24) is 0 Å². The normalized spacial score (nSPS) is 16.9. The number of aryl methyl sites for hydroxylation is 1. The van der Waals surface area contributed by atoms with Crippen molar-refractivity contribution >= 4 is 34.5 Å². The van der Waals surface area contributed by atoms with E-state index in [1.54, 1.807) is 26.0 Å². The summed E-state index contributed by atoms with van der Waals surface area (Å²) in [5, 5.41) is 20.8. The number of aliphatic hydroxyl groups excluding tert-OH is 1. The van der Waals surface area contributed by atoms with E-state index in [0.717, 1.165) is 29.5 Å². The highest BCUT2D eigenvalue weighted by molar-refractivity contribution is 8.18. The third kappa shape index (κ3) is 5.11. The Hall–Kier alpha value is -3.20. The average molecular weight is 449 g/mol. The molecule has 0 unspecified atom stereocenters. The molecule has 0 radical (unpaired) electrons. The van der Waals surface area contributed by atoms with Crippen molar-refractivity contribution in [2.75, 3.05) is 6.61 Å². The first-order valence-electron chi connectivity index (χ1n) is 9.16. The molecule has 1 heterocycles. The molecule has 0 fully saturated rings. The number of phenolic OH excluding ortho intramolecular Hbond substituents is 1. The van der Waals surface area contributed by atoms with Gasteiger partial charge in [-0.3, -0.25) is 0 Å². The summed E-state index contributed by atoms with van der Waals surface area (Å²) in [6, 6.07) is 9.26. The molecule has 0 amide bonds. The summed E-state index contributed by atoms with van der Waals surface area (Å²) in [6.07, 6.45) is -3.09. The Balaban J connectivity index is 2.07. The van der Waals surface area contributed by atoms with E-state index < -0.39 is 23.5 Å². The molecule has 5 nitrogen and oxygen atoms in total. The highest BCUT2D eigenvalue weighted by atomic mass is 32.2. The van der Waals surface area contributed by atoms with E-state index in [-0.39, 0.29) is 33.6 Å². The van der Waals surface area contributed by atoms with Crippen molar-refractivity contribution in [2.45, 2.75) is 20.0 Å². The third-order valence-corrected chi connectivity index (χ3v) is 5.27. The van der Waals surface area contributed by atoms with Crippen LogP contribution in [0.1, 0.15) is 23.6 Å². The van der Waals surface area contributed by atoms with Gasteiger partial charge in [-0.2, -0.15) is 13.2 Å². The summed E-state index contributed by atoms with van der Waals surface area (Å²) in [7, 11) is 0. The number of thioether (sulfide) groups is 1. The Morgan fingerprint density at radius 3 is 2.58 bits per heavy atom. The number of aliphatic hydroxyl groups is 1. The van der Waals surface area contributed by atoms with Crippen LogP contribution in [-0.2, 0) is 15.7 Å². The smallest absolute Gasteiger partial charge is 0.416 e. The number of aliphatic imine (C=N–C) groups is 1. The minimum atomic E-state index is -4.55. The second-order valence-corrected chi connectivity index (χ2v) is 7.61. The lowest BCUT2D eigenvalue weighted by molar-refractivity contribution is -0.138. The molecule has 2 aromatic carbocycles. The molecule has 0 aliphatic carbocycles. The number of carbonyl (C=O) groups is 1. The fraction of sp³-hybridized carbons (Fsp3) is 0.182. The number of nitrogens with zero attached hydrogens (tertiary/aromatic N) is 1. The number of phenols is 1. The molecule has 3 rings (SSSR count). The van der Waals surface area contributed by atoms with E-state index in [1.165, 1.54) is 24.3 Å². The average Bonchev–Trinajstić information content (AvgIpc) is 2.98. The van der Waals surface area contributed by atoms with Crippen molar-refractivity contribution < 1.29 is 32.9 Å². The van der Waals surface area contributed by atoms with E-state index in [0.29, 0.717) is 5.56 Å². The summed E-state index contributed by atoms with van der Waals surface area (Å²) in [5.41, 5.74) is 0.0534. The maximum absolute atomic E-state index is 13.0. The van der Waals surface area contributed by atoms with Crippen LogP contribution in [0.3, 0.4) is 0 Å². The lowest BCUT2D eigenvalue weighted by Crippen LogP contribution is -2.13. The number of hydrogen-bond acceptors (Lipinski definition) is 6. The van der Waals surface area contributed by atoms with E-state index in [9.17, 15) is 28.2 Å². The summed E-state index contributed by atoms with van der Waals surface area (Å²) in [6.45, 7) is 3.42. The predicted molar refractivity (Wildman–Crippen MR) is 113 cm³/mol. The van der Waals surface area contributed by atoms with E-state index in [4.69, 9.17) is 4.74 Å². The zero-order valence-corrected chi connectivity index (χ0v) is 17.3. The Kier molecular flexibility index (Phi) is 6.45. The predicted octanol–water partition coefficient (Wildman–Crippen LogP) is 5.91. The molecular formula is C22H18F3NO4S. The van der Waals surface area contributed by atoms with Gasteiger partial charge in [0.25, 0.3) is 0 Å². The molecule has 1 aliphatic rings. The second-order valence-electron chi connectivity index (χ2n) is 6.58. The standard InChI is InChI=1S/C22H18F3NO4S/c1-3-30-21(29)18-19(28)17(10-13-8-7-12(2)9-16(13)27)31-20(18)26-15-6-4-5-14(11-15)22(23,24)25/h4-11,27-28H,3H2,1-2H3/b17-10+,26-20?. The minimum Gasteiger partial charge on any atom is -0.507 e. The van der Waals surface area contributed by atoms with Gasteiger partial charge in [-0.1, -0.05) is 30.0 Å². The summed E-state index contributed by atoms with van der Waals surface area (Å²) >= 11 is 0.891. The Morgan fingerprint density at radius 1 is 1.19 bits per heavy atom. The molecular weight excluding hydrogens is 431 g/mol. The highest BCUT2D eigenvalue weighted by Gasteiger charge is 2.34. The lowest BCUT2D eigenvalue weighted by Gasteiger charge is -2.07. The zero-order valence-electron chi connectivity index (χ0n) is 16.5. The zero-order chi connectivity index (χ0) is 22.8. The van der Waals surface area contributed by atoms with Gasteiger partial charge in [0.2, 0.25) is 0 Å². The van der Waals surface area contributed by atoms with Crippen LogP contribution in [0.15, 0.2) is 63.7 Å². The van der Waals surface area contributed by atoms with Gasteiger partial charge in [-0.15, -0.1) is 0 Å². The van der Waals surface area contributed by atoms with Crippen LogP contribution in [0, 0.1) is 6.92 Å². The largest absolute Gasteiger partial charge is 0.507 e. The van der Waals surface area contributed by atoms with E-state index in [1.807, 2.05) is 0 Å². The van der Waals surface area contributed by atoms with Crippen molar-refractivity contribution in [3.05, 3.63) is 75.4 Å². The number of carbonyl (C=O) groups excluding carboxylic acids is 1. The van der Waals surface area contributed by atoms with Crippen LogP contribution in [-0.4, -0.2) is 27.8 Å². The van der Waals surface area contributed by atoms with Crippen LogP contribution >= 0.6 is 11.8 Å². The number of ether oxygens (including phenoxy) is 1. The topological polar surface area (TPSA) is 79.1 Å². The number of aromatic hydroxyl groups is 1. The number of benzene rings is 2. The van der Waals surface area contributed by atoms with Crippen molar-refractivity contribution in [3.8, 4) is 5.75 Å². The first kappa shape index (κ1) is 22.5. The highest BCUT2D eigenvalue weighted by Crippen LogP contribution is 2.41. The molecule has 0 saturated heterocycles. The Labute approximate surface area is 180 Å². The quantitative estimate of drug-likeness (QED) is 0.567. The SMILES string of the molecule is CCOC(=O)C1=C(O)/C(=C\c2ccc(C)cc2O)SC1=Nc1cccc(C(F)(F)F)c1. The monoisotopic (exact) mass is 449 g/mol. The molecule has 0 saturated carbocycles. The summed E-state index contributed by atoms with van der Waals surface area (Å²) in [5.74, 6) is -1.30. The van der Waals surface area contributed by atoms with Crippen molar-refractivity contribution in [3.63, 3.8) is 0 Å². The van der Waals surface area contributed by atoms with Gasteiger partial charge < -0.3 is 14.9 Å². The fourth-order valence-corrected chi connectivity index (χ4v) is 3.80. The van der Waals surface area contributed by atoms with E-state index in [2.05, 4.69) is 4.99 Å². The molecule has 0 atom stereocenters. The number of rotatable bonds is 4. The molecule has 162 valence electrons. The van der Waals surface area contributed by atoms with Gasteiger partial charge in [-0.25, -0.2) is 9.79 Å². The molecule has 0 aromatic heterocycles. The molecule has 2 N–H and O–H groups in total. The maximum atomic E-state index is 13.0. The first-order valence-corrected chi connectivity index (χ1v) is 9.98. The number of hydrogen-bond donors (Lipinski definition) is 2. The lowest BCUT2D eigenvalue weighted by atomic mass is 10.1. The molecule has 2 aromatic rings. The minimum absolute atomic E-state index is 0.00636. The summed E-state index contributed by atoms with van der Waals surface area (Å²) in [4.78, 5) is 16.8. The first-order chi connectivity index (χ1) is 14.6. The second kappa shape index (κ2) is 8.89. The Morgan fingerprint density at radius 2 is 1.94 bits per heavy atom. The van der Waals surface area contributed by atoms with Crippen LogP contribution in [0.2, 0.25) is 0 Å². The molecule has 0 spiro atoms. The fourth-order valence-electron chi connectivity index (χ4n) is 2.78. The van der Waals surface area contributed by atoms with Crippen LogP contribution in [0.5, 0.6) is 5.75 Å². The Bertz CT molecular complexity index is 1120. The molecule has 9 heteroatoms. The third-order valence-electron chi connectivity index (χ3n) is 4.25. The van der Waals surface area contributed by atoms with Crippen molar-refractivity contribution in [2.24, 2.45) is 4.99 Å². The van der Waals surface area contributed by atoms with Gasteiger partial charge in [0.05, 0.1) is 22.8 Å². The van der Waals surface area contributed by atoms with Gasteiger partial charge in [-0.05, 0) is 49.8 Å². The molecule has 0 bridgehead atoms. The van der Waals surface area contributed by atoms with Crippen LogP contribution in [0.4, 0.5) is 18.9 Å². The van der Waals surface area contributed by atoms with E-state index >= 15 is 0 Å². The van der Waals surface area contributed by atoms with Gasteiger partial charge in [0.15, 0.2) is 0 Å². The number of halogens is 3. The van der Waals surface area contributed by atoms with Gasteiger partial charge >= 0.3 is 12.1 Å². The van der Waals surface area contributed by atoms with Gasteiger partial charge in [0.1, 0.15) is 22.1 Å². The van der Waals surface area contributed by atoms with Crippen molar-refractivity contribution in [1.29, 1.82) is 0 Å². The van der Waals surface area contributed by atoms with Crippen LogP contribution < -0.4 is 0 Å². The maximum Gasteiger partial charge on any atom is 0.416 e. The molecule has 31 heavy (non-hydrogen) atoms. The molecule has 1 aliphatic heterocycles. The van der Waals surface area contributed by atoms with Gasteiger partial charge in [0, 0.05) is 5.56 Å². The number of esters is 1.